The minimum atomic E-state index is -0.996. The summed E-state index contributed by atoms with van der Waals surface area (Å²) in [6.45, 7) is 1.95. The Balaban J connectivity index is 3.15. The number of carbonyl (C=O) groups is 1. The zero-order chi connectivity index (χ0) is 13.5. The lowest BCUT2D eigenvalue weighted by molar-refractivity contribution is -0.131. The lowest BCUT2D eigenvalue weighted by Gasteiger charge is -2.10. The van der Waals surface area contributed by atoms with Gasteiger partial charge in [0.1, 0.15) is 11.5 Å². The number of rotatable bonds is 5. The molecule has 0 heterocycles. The molecule has 0 fully saturated rings. The standard InChI is InChI=1S/C14H16O4/c1-3-10(5-4-6-14(16)17)12-9-11(15)7-8-13(12)18-2/h4-9,15H,3H2,1-2H3,(H,16,17). The number of methoxy groups -OCH3 is 1. The molecule has 1 aromatic carbocycles. The molecule has 0 amide bonds. The summed E-state index contributed by atoms with van der Waals surface area (Å²) in [7, 11) is 1.55. The van der Waals surface area contributed by atoms with Gasteiger partial charge in [-0.1, -0.05) is 19.1 Å². The highest BCUT2D eigenvalue weighted by molar-refractivity contribution is 5.81. The van der Waals surface area contributed by atoms with E-state index in [0.29, 0.717) is 12.2 Å². The van der Waals surface area contributed by atoms with E-state index in [1.54, 1.807) is 31.4 Å². The second-order valence-electron chi connectivity index (χ2n) is 3.63. The predicted octanol–water partition coefficient (Wildman–Crippen LogP) is 2.84. The third-order valence-corrected chi connectivity index (χ3v) is 2.45. The van der Waals surface area contributed by atoms with Crippen LogP contribution in [0.4, 0.5) is 0 Å². The first kappa shape index (κ1) is 13.8. The molecule has 18 heavy (non-hydrogen) atoms. The summed E-state index contributed by atoms with van der Waals surface area (Å²) in [6.07, 6.45) is 4.92. The molecule has 4 heteroatoms. The van der Waals surface area contributed by atoms with Crippen LogP contribution in [-0.2, 0) is 4.79 Å². The average molecular weight is 248 g/mol. The number of hydrogen-bond acceptors (Lipinski definition) is 3. The number of ether oxygens (including phenoxy) is 1. The van der Waals surface area contributed by atoms with Crippen molar-refractivity contribution in [2.24, 2.45) is 0 Å². The van der Waals surface area contributed by atoms with Crippen LogP contribution in [-0.4, -0.2) is 23.3 Å². The van der Waals surface area contributed by atoms with Crippen molar-refractivity contribution in [1.82, 2.24) is 0 Å². The van der Waals surface area contributed by atoms with Crippen LogP contribution in [0, 0.1) is 0 Å². The molecule has 0 saturated heterocycles. The van der Waals surface area contributed by atoms with E-state index in [9.17, 15) is 9.90 Å². The molecular weight excluding hydrogens is 232 g/mol. The molecule has 0 aliphatic heterocycles. The Morgan fingerprint density at radius 2 is 2.17 bits per heavy atom. The van der Waals surface area contributed by atoms with Crippen molar-refractivity contribution >= 4 is 11.5 Å². The molecule has 4 nitrogen and oxygen atoms in total. The molecule has 0 saturated carbocycles. The maximum atomic E-state index is 10.4. The van der Waals surface area contributed by atoms with Crippen LogP contribution >= 0.6 is 0 Å². The molecule has 0 aromatic heterocycles. The van der Waals surface area contributed by atoms with E-state index in [1.807, 2.05) is 6.92 Å². The van der Waals surface area contributed by atoms with E-state index in [4.69, 9.17) is 9.84 Å². The number of allylic oxidation sites excluding steroid dienone is 3. The molecule has 0 aliphatic rings. The quantitative estimate of drug-likeness (QED) is 0.621. The lowest BCUT2D eigenvalue weighted by atomic mass is 10.0. The van der Waals surface area contributed by atoms with E-state index in [0.717, 1.165) is 17.2 Å². The number of phenols is 1. The summed E-state index contributed by atoms with van der Waals surface area (Å²) in [5, 5.41) is 18.0. The zero-order valence-corrected chi connectivity index (χ0v) is 10.4. The first-order valence-corrected chi connectivity index (χ1v) is 5.56. The number of carboxylic acid groups (broad SMARTS) is 1. The third kappa shape index (κ3) is 3.66. The first-order valence-electron chi connectivity index (χ1n) is 5.56. The average Bonchev–Trinajstić information content (AvgIpc) is 2.34. The number of carboxylic acids is 1. The monoisotopic (exact) mass is 248 g/mol. The molecule has 1 rings (SSSR count). The SMILES string of the molecule is CCC(=CC=CC(=O)O)c1cc(O)ccc1OC. The summed E-state index contributed by atoms with van der Waals surface area (Å²) in [5.41, 5.74) is 1.65. The van der Waals surface area contributed by atoms with Crippen LogP contribution in [0.5, 0.6) is 11.5 Å². The fraction of sp³-hybridized carbons (Fsp3) is 0.214. The van der Waals surface area contributed by atoms with Gasteiger partial charge in [-0.15, -0.1) is 0 Å². The summed E-state index contributed by atoms with van der Waals surface area (Å²) < 4.78 is 5.22. The summed E-state index contributed by atoms with van der Waals surface area (Å²) in [4.78, 5) is 10.4. The molecule has 0 bridgehead atoms. The van der Waals surface area contributed by atoms with Crippen LogP contribution in [0.2, 0.25) is 0 Å². The van der Waals surface area contributed by atoms with Gasteiger partial charge < -0.3 is 14.9 Å². The number of hydrogen-bond donors (Lipinski definition) is 2. The Morgan fingerprint density at radius 1 is 1.44 bits per heavy atom. The van der Waals surface area contributed by atoms with Gasteiger partial charge >= 0.3 is 5.97 Å². The Kier molecular flexibility index (Phi) is 4.99. The summed E-state index contributed by atoms with van der Waals surface area (Å²) >= 11 is 0. The third-order valence-electron chi connectivity index (χ3n) is 2.45. The van der Waals surface area contributed by atoms with Gasteiger partial charge in [0.15, 0.2) is 0 Å². The summed E-state index contributed by atoms with van der Waals surface area (Å²) in [6, 6.07) is 4.82. The normalized spacial score (nSPS) is 11.8. The van der Waals surface area contributed by atoms with Crippen molar-refractivity contribution in [3.8, 4) is 11.5 Å². The highest BCUT2D eigenvalue weighted by Gasteiger charge is 2.07. The van der Waals surface area contributed by atoms with Crippen molar-refractivity contribution in [2.75, 3.05) is 7.11 Å². The fourth-order valence-corrected chi connectivity index (χ4v) is 1.59. The van der Waals surface area contributed by atoms with Crippen LogP contribution in [0.15, 0.2) is 36.4 Å². The topological polar surface area (TPSA) is 66.8 Å². The summed E-state index contributed by atoms with van der Waals surface area (Å²) in [5.74, 6) is -0.207. The van der Waals surface area contributed by atoms with Crippen molar-refractivity contribution in [3.63, 3.8) is 0 Å². The largest absolute Gasteiger partial charge is 0.508 e. The second-order valence-corrected chi connectivity index (χ2v) is 3.63. The highest BCUT2D eigenvalue weighted by Crippen LogP contribution is 2.31. The van der Waals surface area contributed by atoms with Gasteiger partial charge in [-0.05, 0) is 30.2 Å². The number of aliphatic carboxylic acids is 1. The molecule has 0 aliphatic carbocycles. The van der Waals surface area contributed by atoms with Gasteiger partial charge in [-0.25, -0.2) is 4.79 Å². The van der Waals surface area contributed by atoms with Crippen LogP contribution in [0.25, 0.3) is 5.57 Å². The van der Waals surface area contributed by atoms with Gasteiger partial charge in [-0.3, -0.25) is 0 Å². The van der Waals surface area contributed by atoms with E-state index >= 15 is 0 Å². The molecule has 0 unspecified atom stereocenters. The van der Waals surface area contributed by atoms with Crippen molar-refractivity contribution in [2.45, 2.75) is 13.3 Å². The molecule has 0 atom stereocenters. The van der Waals surface area contributed by atoms with Gasteiger partial charge in [0, 0.05) is 11.6 Å². The Bertz CT molecular complexity index is 487. The Morgan fingerprint density at radius 3 is 2.72 bits per heavy atom. The zero-order valence-electron chi connectivity index (χ0n) is 10.4. The van der Waals surface area contributed by atoms with Gasteiger partial charge in [0.2, 0.25) is 0 Å². The van der Waals surface area contributed by atoms with E-state index < -0.39 is 5.97 Å². The van der Waals surface area contributed by atoms with Crippen molar-refractivity contribution < 1.29 is 19.7 Å². The molecule has 96 valence electrons. The van der Waals surface area contributed by atoms with Gasteiger partial charge in [-0.2, -0.15) is 0 Å². The minimum Gasteiger partial charge on any atom is -0.508 e. The maximum absolute atomic E-state index is 10.4. The highest BCUT2D eigenvalue weighted by atomic mass is 16.5. The van der Waals surface area contributed by atoms with Gasteiger partial charge in [0.25, 0.3) is 0 Å². The molecule has 0 spiro atoms. The van der Waals surface area contributed by atoms with Crippen molar-refractivity contribution in [1.29, 1.82) is 0 Å². The molecule has 1 aromatic rings. The number of aromatic hydroxyl groups is 1. The Labute approximate surface area is 106 Å². The fourth-order valence-electron chi connectivity index (χ4n) is 1.59. The van der Waals surface area contributed by atoms with Crippen molar-refractivity contribution in [3.05, 3.63) is 42.0 Å². The first-order chi connectivity index (χ1) is 8.58. The predicted molar refractivity (Wildman–Crippen MR) is 69.7 cm³/mol. The van der Waals surface area contributed by atoms with Crippen LogP contribution < -0.4 is 4.74 Å². The van der Waals surface area contributed by atoms with E-state index in [1.165, 1.54) is 6.08 Å². The van der Waals surface area contributed by atoms with Crippen LogP contribution in [0.3, 0.4) is 0 Å². The number of benzene rings is 1. The molecule has 0 radical (unpaired) electrons. The smallest absolute Gasteiger partial charge is 0.328 e. The number of phenolic OH excluding ortho intramolecular Hbond substituents is 1. The Hall–Kier alpha value is -2.23. The second kappa shape index (κ2) is 6.49. The molecule has 2 N–H and O–H groups in total. The van der Waals surface area contributed by atoms with E-state index in [2.05, 4.69) is 0 Å². The molecular formula is C14H16O4. The lowest BCUT2D eigenvalue weighted by Crippen LogP contribution is -1.91. The van der Waals surface area contributed by atoms with E-state index in [-0.39, 0.29) is 5.75 Å². The maximum Gasteiger partial charge on any atom is 0.328 e. The minimum absolute atomic E-state index is 0.146. The van der Waals surface area contributed by atoms with Crippen LogP contribution in [0.1, 0.15) is 18.9 Å². The van der Waals surface area contributed by atoms with Gasteiger partial charge in [0.05, 0.1) is 7.11 Å².